The molecule has 8 heteroatoms. The first kappa shape index (κ1) is 16.5. The van der Waals surface area contributed by atoms with Gasteiger partial charge in [-0.25, -0.2) is 9.59 Å². The Labute approximate surface area is 105 Å². The van der Waals surface area contributed by atoms with Gasteiger partial charge in [0, 0.05) is 34.0 Å². The van der Waals surface area contributed by atoms with E-state index in [2.05, 4.69) is 10.6 Å². The van der Waals surface area contributed by atoms with Crippen LogP contribution in [0.25, 0.3) is 0 Å². The van der Waals surface area contributed by atoms with Crippen molar-refractivity contribution < 1.29 is 29.3 Å². The van der Waals surface area contributed by atoms with Crippen LogP contribution in [0.15, 0.2) is 0 Å². The lowest BCUT2D eigenvalue weighted by atomic mass is 9.91. The molecule has 4 N–H and O–H groups in total. The van der Waals surface area contributed by atoms with Gasteiger partial charge in [-0.15, -0.1) is 0 Å². The van der Waals surface area contributed by atoms with Crippen molar-refractivity contribution in [3.63, 3.8) is 0 Å². The third-order valence-corrected chi connectivity index (χ3v) is 2.52. The molecule has 0 aromatic carbocycles. The van der Waals surface area contributed by atoms with Crippen molar-refractivity contribution in [2.45, 2.75) is 18.4 Å². The average molecular weight is 264 g/mol. The number of hydrogen-bond donors (Lipinski definition) is 4. The van der Waals surface area contributed by atoms with Gasteiger partial charge in [0.25, 0.3) is 0 Å². The van der Waals surface area contributed by atoms with Crippen LogP contribution in [0, 0.1) is 0 Å². The van der Waals surface area contributed by atoms with Gasteiger partial charge in [0.2, 0.25) is 0 Å². The highest BCUT2D eigenvalue weighted by Crippen LogP contribution is 2.15. The average Bonchev–Trinajstić information content (AvgIpc) is 2.30. The molecule has 2 amide bonds. The molecule has 106 valence electrons. The molecule has 8 nitrogen and oxygen atoms in total. The first-order valence-electron chi connectivity index (χ1n) is 5.41. The van der Waals surface area contributed by atoms with Gasteiger partial charge in [0.1, 0.15) is 0 Å². The quantitative estimate of drug-likeness (QED) is 0.477. The molecule has 0 saturated heterocycles. The Morgan fingerprint density at radius 2 is 1.56 bits per heavy atom. The number of carbonyl (C=O) groups is 2. The maximum Gasteiger partial charge on any atom is 0.405 e. The van der Waals surface area contributed by atoms with Crippen molar-refractivity contribution in [1.29, 1.82) is 0 Å². The molecule has 0 aliphatic rings. The van der Waals surface area contributed by atoms with E-state index in [1.165, 1.54) is 14.2 Å². The summed E-state index contributed by atoms with van der Waals surface area (Å²) in [5.41, 5.74) is -0.934. The van der Waals surface area contributed by atoms with Gasteiger partial charge in [-0.2, -0.15) is 0 Å². The van der Waals surface area contributed by atoms with E-state index in [4.69, 9.17) is 19.7 Å². The smallest absolute Gasteiger partial charge is 0.405 e. The van der Waals surface area contributed by atoms with Crippen LogP contribution in [-0.4, -0.2) is 61.9 Å². The van der Waals surface area contributed by atoms with Gasteiger partial charge in [0.05, 0.1) is 5.54 Å². The zero-order valence-corrected chi connectivity index (χ0v) is 10.6. The second kappa shape index (κ2) is 8.54. The minimum absolute atomic E-state index is 0.0403. The predicted molar refractivity (Wildman–Crippen MR) is 62.9 cm³/mol. The van der Waals surface area contributed by atoms with E-state index in [1.807, 2.05) is 0 Å². The Morgan fingerprint density at radius 1 is 1.06 bits per heavy atom. The fourth-order valence-electron chi connectivity index (χ4n) is 1.54. The maximum atomic E-state index is 10.8. The van der Waals surface area contributed by atoms with Crippen molar-refractivity contribution >= 4 is 12.2 Å². The highest BCUT2D eigenvalue weighted by Gasteiger charge is 2.32. The number of rotatable bonds is 9. The summed E-state index contributed by atoms with van der Waals surface area (Å²) in [6.07, 6.45) is -1.73. The fourth-order valence-corrected chi connectivity index (χ4v) is 1.54. The summed E-state index contributed by atoms with van der Waals surface area (Å²) >= 11 is 0. The van der Waals surface area contributed by atoms with Crippen molar-refractivity contribution in [2.24, 2.45) is 0 Å². The third-order valence-electron chi connectivity index (χ3n) is 2.52. The number of hydrogen-bond acceptors (Lipinski definition) is 4. The van der Waals surface area contributed by atoms with Crippen LogP contribution in [0.3, 0.4) is 0 Å². The number of amides is 2. The standard InChI is InChI=1S/C10H20N2O6/c1-17-5-3-10(4-6-18-2,12-9(15)16)7-11-8(13)14/h11-12H,3-7H2,1-2H3,(H,13,14)(H,15,16). The molecule has 0 aromatic rings. The molecule has 0 aliphatic carbocycles. The molecule has 0 saturated carbocycles. The first-order valence-corrected chi connectivity index (χ1v) is 5.41. The van der Waals surface area contributed by atoms with E-state index >= 15 is 0 Å². The van der Waals surface area contributed by atoms with Crippen LogP contribution >= 0.6 is 0 Å². The summed E-state index contributed by atoms with van der Waals surface area (Å²) in [7, 11) is 2.99. The second-order valence-corrected chi connectivity index (χ2v) is 3.85. The number of methoxy groups -OCH3 is 2. The van der Waals surface area contributed by atoms with Crippen LogP contribution in [0.2, 0.25) is 0 Å². The van der Waals surface area contributed by atoms with E-state index in [9.17, 15) is 9.59 Å². The minimum atomic E-state index is -1.21. The van der Waals surface area contributed by atoms with Crippen molar-refractivity contribution in [2.75, 3.05) is 34.0 Å². The first-order chi connectivity index (χ1) is 8.45. The van der Waals surface area contributed by atoms with E-state index < -0.39 is 17.7 Å². The number of ether oxygens (including phenoxy) is 2. The summed E-state index contributed by atoms with van der Waals surface area (Å²) in [6.45, 7) is 0.581. The molecule has 0 heterocycles. The molecule has 0 radical (unpaired) electrons. The molecule has 0 rings (SSSR count). The van der Waals surface area contributed by atoms with Gasteiger partial charge in [-0.3, -0.25) is 0 Å². The van der Waals surface area contributed by atoms with E-state index in [0.717, 1.165) is 0 Å². The number of nitrogens with one attached hydrogen (secondary N) is 2. The van der Waals surface area contributed by atoms with Crippen LogP contribution in [-0.2, 0) is 9.47 Å². The SMILES string of the molecule is COCCC(CCOC)(CNC(=O)O)NC(=O)O. The lowest BCUT2D eigenvalue weighted by molar-refractivity contribution is 0.107. The third kappa shape index (κ3) is 6.92. The van der Waals surface area contributed by atoms with Crippen LogP contribution < -0.4 is 10.6 Å². The topological polar surface area (TPSA) is 117 Å². The Hall–Kier alpha value is -1.54. The summed E-state index contributed by atoms with van der Waals surface area (Å²) < 4.78 is 9.83. The Kier molecular flexibility index (Phi) is 7.81. The van der Waals surface area contributed by atoms with Gasteiger partial charge >= 0.3 is 12.2 Å². The Morgan fingerprint density at radius 3 is 1.89 bits per heavy atom. The summed E-state index contributed by atoms with van der Waals surface area (Å²) in [6, 6.07) is 0. The molecule has 0 spiro atoms. The normalized spacial score (nSPS) is 11.0. The second-order valence-electron chi connectivity index (χ2n) is 3.85. The molecule has 0 bridgehead atoms. The van der Waals surface area contributed by atoms with Crippen LogP contribution in [0.1, 0.15) is 12.8 Å². The fraction of sp³-hybridized carbons (Fsp3) is 0.800. The molecule has 0 atom stereocenters. The van der Waals surface area contributed by atoms with E-state index in [1.54, 1.807) is 0 Å². The zero-order valence-electron chi connectivity index (χ0n) is 10.6. The molecular formula is C10H20N2O6. The van der Waals surface area contributed by atoms with Gasteiger partial charge in [0.15, 0.2) is 0 Å². The summed E-state index contributed by atoms with van der Waals surface area (Å²) in [5.74, 6) is 0. The molecule has 0 unspecified atom stereocenters. The maximum absolute atomic E-state index is 10.8. The summed E-state index contributed by atoms with van der Waals surface area (Å²) in [4.78, 5) is 21.3. The molecular weight excluding hydrogens is 244 g/mol. The molecule has 0 fully saturated rings. The predicted octanol–water partition coefficient (Wildman–Crippen LogP) is 0.333. The van der Waals surface area contributed by atoms with E-state index in [-0.39, 0.29) is 6.54 Å². The Balaban J connectivity index is 4.72. The largest absolute Gasteiger partial charge is 0.465 e. The lowest BCUT2D eigenvalue weighted by Gasteiger charge is -2.33. The molecule has 18 heavy (non-hydrogen) atoms. The van der Waals surface area contributed by atoms with Gasteiger partial charge in [-0.05, 0) is 12.8 Å². The minimum Gasteiger partial charge on any atom is -0.465 e. The lowest BCUT2D eigenvalue weighted by Crippen LogP contribution is -2.56. The van der Waals surface area contributed by atoms with Crippen LogP contribution in [0.5, 0.6) is 0 Å². The summed E-state index contributed by atoms with van der Waals surface area (Å²) in [5, 5.41) is 22.0. The molecule has 0 aliphatic heterocycles. The zero-order chi connectivity index (χ0) is 14.0. The van der Waals surface area contributed by atoms with Crippen LogP contribution in [0.4, 0.5) is 9.59 Å². The monoisotopic (exact) mass is 264 g/mol. The van der Waals surface area contributed by atoms with Crippen molar-refractivity contribution in [3.8, 4) is 0 Å². The van der Waals surface area contributed by atoms with Gasteiger partial charge in [-0.1, -0.05) is 0 Å². The molecule has 0 aromatic heterocycles. The highest BCUT2D eigenvalue weighted by molar-refractivity contribution is 5.67. The number of carboxylic acid groups (broad SMARTS) is 2. The van der Waals surface area contributed by atoms with Gasteiger partial charge < -0.3 is 30.3 Å². The van der Waals surface area contributed by atoms with Crippen molar-refractivity contribution in [3.05, 3.63) is 0 Å². The van der Waals surface area contributed by atoms with E-state index in [0.29, 0.717) is 26.1 Å². The Bertz CT molecular complexity index is 263. The highest BCUT2D eigenvalue weighted by atomic mass is 16.5. The van der Waals surface area contributed by atoms with Crippen molar-refractivity contribution in [1.82, 2.24) is 10.6 Å².